The molecule has 0 aromatic heterocycles. The van der Waals surface area contributed by atoms with Crippen molar-refractivity contribution >= 4 is 9.84 Å². The highest BCUT2D eigenvalue weighted by molar-refractivity contribution is 7.91. The first-order valence-corrected chi connectivity index (χ1v) is 5.81. The van der Waals surface area contributed by atoms with Gasteiger partial charge < -0.3 is 0 Å². The van der Waals surface area contributed by atoms with Crippen LogP contribution in [-0.4, -0.2) is 20.7 Å². The Balaban J connectivity index is 2.98. The van der Waals surface area contributed by atoms with Crippen LogP contribution in [0.25, 0.3) is 10.4 Å². The van der Waals surface area contributed by atoms with Gasteiger partial charge in [0.25, 0.3) is 0 Å². The van der Waals surface area contributed by atoms with Crippen LogP contribution >= 0.6 is 0 Å². The van der Waals surface area contributed by atoms with Crippen molar-refractivity contribution in [3.05, 3.63) is 40.3 Å². The van der Waals surface area contributed by atoms with Gasteiger partial charge in [0.2, 0.25) is 0 Å². The second-order valence-electron chi connectivity index (χ2n) is 2.85. The molecule has 1 rings (SSSR count). The van der Waals surface area contributed by atoms with Gasteiger partial charge >= 0.3 is 0 Å². The summed E-state index contributed by atoms with van der Waals surface area (Å²) in [6, 6.07) is 2.29. The largest absolute Gasteiger partial charge is 0.224 e. The van der Waals surface area contributed by atoms with Crippen LogP contribution in [0.1, 0.15) is 0 Å². The number of nitrogens with zero attached hydrogens (tertiary/aromatic N) is 3. The SMILES string of the molecule is [N-]=[N+]=NCCS(=O)(=O)c1ccc(F)c(F)c1. The zero-order valence-corrected chi connectivity index (χ0v) is 8.79. The van der Waals surface area contributed by atoms with Crippen molar-refractivity contribution in [1.29, 1.82) is 0 Å². The minimum Gasteiger partial charge on any atom is -0.224 e. The quantitative estimate of drug-likeness (QED) is 0.353. The van der Waals surface area contributed by atoms with Crippen molar-refractivity contribution in [2.75, 3.05) is 12.3 Å². The molecule has 0 aliphatic heterocycles. The summed E-state index contributed by atoms with van der Waals surface area (Å²) in [4.78, 5) is 2.06. The van der Waals surface area contributed by atoms with Crippen LogP contribution in [0.4, 0.5) is 8.78 Å². The Morgan fingerprint density at radius 1 is 1.31 bits per heavy atom. The summed E-state index contributed by atoms with van der Waals surface area (Å²) in [6.45, 7) is -0.252. The third kappa shape index (κ3) is 2.91. The van der Waals surface area contributed by atoms with E-state index in [1.54, 1.807) is 0 Å². The highest BCUT2D eigenvalue weighted by Crippen LogP contribution is 2.15. The van der Waals surface area contributed by atoms with E-state index in [0.29, 0.717) is 6.07 Å². The summed E-state index contributed by atoms with van der Waals surface area (Å²) in [5.41, 5.74) is 7.97. The molecule has 0 aliphatic carbocycles. The lowest BCUT2D eigenvalue weighted by molar-refractivity contribution is 0.504. The maximum atomic E-state index is 12.8. The fraction of sp³-hybridized carbons (Fsp3) is 0.250. The lowest BCUT2D eigenvalue weighted by Gasteiger charge is -2.02. The fourth-order valence-corrected chi connectivity index (χ4v) is 2.11. The van der Waals surface area contributed by atoms with Crippen molar-refractivity contribution < 1.29 is 17.2 Å². The summed E-state index contributed by atoms with van der Waals surface area (Å²) in [7, 11) is -3.74. The monoisotopic (exact) mass is 247 g/mol. The summed E-state index contributed by atoms with van der Waals surface area (Å²) in [6.07, 6.45) is 0. The van der Waals surface area contributed by atoms with Crippen molar-refractivity contribution in [2.24, 2.45) is 5.11 Å². The van der Waals surface area contributed by atoms with Crippen LogP contribution in [0.15, 0.2) is 28.2 Å². The molecule has 0 saturated carbocycles. The van der Waals surface area contributed by atoms with Crippen molar-refractivity contribution in [3.8, 4) is 0 Å². The zero-order valence-electron chi connectivity index (χ0n) is 7.97. The van der Waals surface area contributed by atoms with E-state index in [-0.39, 0.29) is 11.4 Å². The van der Waals surface area contributed by atoms with E-state index in [1.165, 1.54) is 0 Å². The Bertz CT molecular complexity index is 538. The minimum absolute atomic E-state index is 0.252. The van der Waals surface area contributed by atoms with E-state index in [0.717, 1.165) is 12.1 Å². The van der Waals surface area contributed by atoms with Gasteiger partial charge in [-0.3, -0.25) is 0 Å². The molecule has 1 aromatic rings. The molecule has 0 amide bonds. The number of azide groups is 1. The highest BCUT2D eigenvalue weighted by Gasteiger charge is 2.15. The molecular weight excluding hydrogens is 240 g/mol. The smallest absolute Gasteiger partial charge is 0.178 e. The van der Waals surface area contributed by atoms with Gasteiger partial charge in [-0.2, -0.15) is 0 Å². The molecule has 0 unspecified atom stereocenters. The molecule has 0 atom stereocenters. The summed E-state index contributed by atoms with van der Waals surface area (Å²) >= 11 is 0. The Morgan fingerprint density at radius 3 is 2.56 bits per heavy atom. The second kappa shape index (κ2) is 4.91. The van der Waals surface area contributed by atoms with Crippen LogP contribution in [-0.2, 0) is 9.84 Å². The van der Waals surface area contributed by atoms with E-state index in [1.807, 2.05) is 0 Å². The molecule has 0 radical (unpaired) electrons. The van der Waals surface area contributed by atoms with Gasteiger partial charge in [-0.15, -0.1) is 0 Å². The van der Waals surface area contributed by atoms with Crippen LogP contribution in [0.5, 0.6) is 0 Å². The number of benzene rings is 1. The predicted molar refractivity (Wildman–Crippen MR) is 52.4 cm³/mol. The topological polar surface area (TPSA) is 82.9 Å². The Morgan fingerprint density at radius 2 is 2.00 bits per heavy atom. The summed E-state index contributed by atoms with van der Waals surface area (Å²) in [5, 5.41) is 3.06. The molecule has 0 spiro atoms. The number of halogens is 2. The fourth-order valence-electron chi connectivity index (χ4n) is 0.994. The van der Waals surface area contributed by atoms with Crippen molar-refractivity contribution in [1.82, 2.24) is 0 Å². The minimum atomic E-state index is -3.74. The lowest BCUT2D eigenvalue weighted by Crippen LogP contribution is -2.09. The normalized spacial score (nSPS) is 10.9. The maximum absolute atomic E-state index is 12.8. The highest BCUT2D eigenvalue weighted by atomic mass is 32.2. The number of hydrogen-bond donors (Lipinski definition) is 0. The van der Waals surface area contributed by atoms with E-state index in [9.17, 15) is 17.2 Å². The molecular formula is C8H7F2N3O2S. The van der Waals surface area contributed by atoms with Crippen LogP contribution in [0, 0.1) is 11.6 Å². The Hall–Kier alpha value is -1.66. The Kier molecular flexibility index (Phi) is 3.81. The first-order valence-electron chi connectivity index (χ1n) is 4.16. The van der Waals surface area contributed by atoms with Crippen LogP contribution in [0.2, 0.25) is 0 Å². The third-order valence-electron chi connectivity index (χ3n) is 1.77. The molecule has 8 heteroatoms. The first kappa shape index (κ1) is 12.4. The van der Waals surface area contributed by atoms with Gasteiger partial charge in [0.15, 0.2) is 21.5 Å². The van der Waals surface area contributed by atoms with E-state index >= 15 is 0 Å². The van der Waals surface area contributed by atoms with E-state index < -0.39 is 27.2 Å². The summed E-state index contributed by atoms with van der Waals surface area (Å²) in [5.74, 6) is -2.79. The number of rotatable bonds is 4. The summed E-state index contributed by atoms with van der Waals surface area (Å²) < 4.78 is 48.3. The third-order valence-corrected chi connectivity index (χ3v) is 3.47. The van der Waals surface area contributed by atoms with Crippen molar-refractivity contribution in [3.63, 3.8) is 0 Å². The molecule has 0 bridgehead atoms. The number of hydrogen-bond acceptors (Lipinski definition) is 3. The molecule has 0 N–H and O–H groups in total. The second-order valence-corrected chi connectivity index (χ2v) is 4.96. The van der Waals surface area contributed by atoms with E-state index in [4.69, 9.17) is 5.53 Å². The first-order chi connectivity index (χ1) is 7.47. The molecule has 0 heterocycles. The van der Waals surface area contributed by atoms with Gasteiger partial charge in [0.05, 0.1) is 10.6 Å². The molecule has 0 saturated heterocycles. The van der Waals surface area contributed by atoms with Crippen LogP contribution in [0.3, 0.4) is 0 Å². The Labute approximate surface area is 90.3 Å². The van der Waals surface area contributed by atoms with Gasteiger partial charge in [-0.1, -0.05) is 5.11 Å². The zero-order chi connectivity index (χ0) is 12.2. The molecule has 0 fully saturated rings. The van der Waals surface area contributed by atoms with Crippen LogP contribution < -0.4 is 0 Å². The average molecular weight is 247 g/mol. The standard InChI is InChI=1S/C8H7F2N3O2S/c9-7-2-1-6(5-8(7)10)16(14,15)4-3-12-13-11/h1-2,5H,3-4H2. The molecule has 0 aliphatic rings. The van der Waals surface area contributed by atoms with Gasteiger partial charge in [0, 0.05) is 11.5 Å². The van der Waals surface area contributed by atoms with E-state index in [2.05, 4.69) is 10.0 Å². The van der Waals surface area contributed by atoms with Crippen molar-refractivity contribution in [2.45, 2.75) is 4.90 Å². The van der Waals surface area contributed by atoms with Gasteiger partial charge in [-0.25, -0.2) is 17.2 Å². The predicted octanol–water partition coefficient (Wildman–Crippen LogP) is 2.05. The molecule has 1 aromatic carbocycles. The maximum Gasteiger partial charge on any atom is 0.178 e. The average Bonchev–Trinajstić information content (AvgIpc) is 2.22. The molecule has 86 valence electrons. The number of sulfone groups is 1. The van der Waals surface area contributed by atoms with Gasteiger partial charge in [-0.05, 0) is 23.7 Å². The molecule has 16 heavy (non-hydrogen) atoms. The lowest BCUT2D eigenvalue weighted by atomic mass is 10.3. The molecule has 5 nitrogen and oxygen atoms in total. The van der Waals surface area contributed by atoms with Gasteiger partial charge in [0.1, 0.15) is 0 Å².